The summed E-state index contributed by atoms with van der Waals surface area (Å²) in [6.07, 6.45) is 8.63. The first-order valence-corrected chi connectivity index (χ1v) is 12.1. The number of carbonyl (C=O) groups is 1. The minimum absolute atomic E-state index is 0.167. The van der Waals surface area contributed by atoms with Crippen molar-refractivity contribution in [2.45, 2.75) is 38.5 Å². The number of amides is 1. The van der Waals surface area contributed by atoms with E-state index in [-0.39, 0.29) is 5.92 Å². The molecule has 3 aromatic rings. The Bertz CT molecular complexity index is 997. The molecule has 1 aromatic carbocycles. The highest BCUT2D eigenvalue weighted by atomic mass is 32.1. The third-order valence-electron chi connectivity index (χ3n) is 6.45. The van der Waals surface area contributed by atoms with Crippen LogP contribution in [0.25, 0.3) is 16.2 Å². The van der Waals surface area contributed by atoms with Gasteiger partial charge in [0.2, 0.25) is 16.0 Å². The van der Waals surface area contributed by atoms with Crippen molar-refractivity contribution in [3.8, 4) is 17.0 Å². The number of hydrogen-bond acceptors (Lipinski definition) is 6. The van der Waals surface area contributed by atoms with Crippen LogP contribution in [-0.4, -0.2) is 58.7 Å². The maximum atomic E-state index is 12.9. The number of likely N-dealkylation sites (tertiary alicyclic amines) is 1. The monoisotopic (exact) mass is 439 g/mol. The van der Waals surface area contributed by atoms with Crippen LogP contribution in [-0.2, 0) is 4.79 Å². The lowest BCUT2D eigenvalue weighted by atomic mass is 9.95. The van der Waals surface area contributed by atoms with Crippen LogP contribution < -0.4 is 9.64 Å². The van der Waals surface area contributed by atoms with Crippen LogP contribution >= 0.6 is 11.3 Å². The van der Waals surface area contributed by atoms with Gasteiger partial charge in [-0.15, -0.1) is 5.10 Å². The molecule has 164 valence electrons. The van der Waals surface area contributed by atoms with Crippen LogP contribution in [0.3, 0.4) is 0 Å². The van der Waals surface area contributed by atoms with Gasteiger partial charge in [-0.2, -0.15) is 0 Å². The van der Waals surface area contributed by atoms with Crippen molar-refractivity contribution >= 4 is 27.3 Å². The van der Waals surface area contributed by atoms with Gasteiger partial charge >= 0.3 is 0 Å². The molecule has 31 heavy (non-hydrogen) atoms. The van der Waals surface area contributed by atoms with E-state index in [4.69, 9.17) is 14.8 Å². The zero-order valence-electron chi connectivity index (χ0n) is 18.0. The average molecular weight is 440 g/mol. The maximum Gasteiger partial charge on any atom is 0.225 e. The molecule has 0 aliphatic carbocycles. The molecule has 2 aliphatic rings. The number of ether oxygens (including phenoxy) is 1. The molecule has 2 aliphatic heterocycles. The van der Waals surface area contributed by atoms with Crippen LogP contribution in [0.2, 0.25) is 0 Å². The smallest absolute Gasteiger partial charge is 0.225 e. The number of imidazole rings is 1. The van der Waals surface area contributed by atoms with Gasteiger partial charge in [0.1, 0.15) is 5.75 Å². The minimum atomic E-state index is 0.167. The second-order valence-electron chi connectivity index (χ2n) is 8.47. The van der Waals surface area contributed by atoms with Gasteiger partial charge in [0.25, 0.3) is 0 Å². The van der Waals surface area contributed by atoms with Crippen LogP contribution in [0.5, 0.6) is 5.75 Å². The summed E-state index contributed by atoms with van der Waals surface area (Å²) in [6, 6.07) is 7.91. The van der Waals surface area contributed by atoms with E-state index in [2.05, 4.69) is 9.80 Å². The Morgan fingerprint density at radius 3 is 2.39 bits per heavy atom. The quantitative estimate of drug-likeness (QED) is 0.613. The Labute approximate surface area is 186 Å². The van der Waals surface area contributed by atoms with E-state index in [1.807, 2.05) is 35.0 Å². The zero-order valence-corrected chi connectivity index (χ0v) is 18.8. The van der Waals surface area contributed by atoms with E-state index in [1.54, 1.807) is 18.4 Å². The van der Waals surface area contributed by atoms with Crippen molar-refractivity contribution < 1.29 is 9.53 Å². The third-order valence-corrected chi connectivity index (χ3v) is 7.43. The molecule has 0 spiro atoms. The summed E-state index contributed by atoms with van der Waals surface area (Å²) < 4.78 is 7.10. The van der Waals surface area contributed by atoms with Gasteiger partial charge in [-0.05, 0) is 49.9 Å². The number of methoxy groups -OCH3 is 1. The van der Waals surface area contributed by atoms with Crippen molar-refractivity contribution in [3.05, 3.63) is 30.5 Å². The number of benzene rings is 1. The third kappa shape index (κ3) is 4.26. The minimum Gasteiger partial charge on any atom is -0.497 e. The summed E-state index contributed by atoms with van der Waals surface area (Å²) in [6.45, 7) is 3.65. The Morgan fingerprint density at radius 1 is 1.03 bits per heavy atom. The Kier molecular flexibility index (Phi) is 5.80. The van der Waals surface area contributed by atoms with Crippen molar-refractivity contribution in [1.29, 1.82) is 0 Å². The second-order valence-corrected chi connectivity index (χ2v) is 9.40. The zero-order chi connectivity index (χ0) is 21.2. The summed E-state index contributed by atoms with van der Waals surface area (Å²) in [5.74, 6) is 1.38. The number of nitrogens with zero attached hydrogens (tertiary/aromatic N) is 5. The second kappa shape index (κ2) is 8.86. The summed E-state index contributed by atoms with van der Waals surface area (Å²) >= 11 is 1.61. The normalized spacial score (nSPS) is 18.4. The number of hydrogen-bond donors (Lipinski definition) is 0. The first-order valence-electron chi connectivity index (χ1n) is 11.3. The number of carbonyl (C=O) groups excluding carboxylic acids is 1. The van der Waals surface area contributed by atoms with E-state index >= 15 is 0 Å². The van der Waals surface area contributed by atoms with Crippen LogP contribution in [0.15, 0.2) is 30.5 Å². The van der Waals surface area contributed by atoms with E-state index in [1.165, 1.54) is 12.8 Å². The van der Waals surface area contributed by atoms with E-state index < -0.39 is 0 Å². The molecule has 5 rings (SSSR count). The molecule has 7 nitrogen and oxygen atoms in total. The number of fused-ring (bicyclic) bond motifs is 1. The van der Waals surface area contributed by atoms with Crippen molar-refractivity contribution in [1.82, 2.24) is 19.5 Å². The lowest BCUT2D eigenvalue weighted by molar-refractivity contribution is -0.136. The molecule has 2 saturated heterocycles. The van der Waals surface area contributed by atoms with Gasteiger partial charge in [-0.3, -0.25) is 4.79 Å². The molecule has 0 atom stereocenters. The highest BCUT2D eigenvalue weighted by Crippen LogP contribution is 2.31. The molecule has 0 saturated carbocycles. The fraction of sp³-hybridized carbons (Fsp3) is 0.522. The molecule has 0 N–H and O–H groups in total. The number of piperidine rings is 1. The van der Waals surface area contributed by atoms with Crippen LogP contribution in [0, 0.1) is 5.92 Å². The number of rotatable bonds is 4. The molecule has 0 bridgehead atoms. The van der Waals surface area contributed by atoms with Crippen LogP contribution in [0.4, 0.5) is 5.13 Å². The van der Waals surface area contributed by atoms with Gasteiger partial charge in [-0.1, -0.05) is 24.2 Å². The topological polar surface area (TPSA) is 63.0 Å². The van der Waals surface area contributed by atoms with Crippen molar-refractivity contribution in [2.75, 3.05) is 38.2 Å². The van der Waals surface area contributed by atoms with Crippen molar-refractivity contribution in [2.24, 2.45) is 5.92 Å². The summed E-state index contributed by atoms with van der Waals surface area (Å²) in [4.78, 5) is 23.0. The molecule has 4 heterocycles. The maximum absolute atomic E-state index is 12.9. The van der Waals surface area contributed by atoms with Gasteiger partial charge in [0, 0.05) is 37.7 Å². The number of aromatic nitrogens is 3. The van der Waals surface area contributed by atoms with Crippen LogP contribution in [0.1, 0.15) is 38.5 Å². The number of anilines is 1. The molecule has 0 unspecified atom stereocenters. The SMILES string of the molecule is COc1ccc(-c2cn3nc(N4CCC(C(=O)N5CCCCCC5)CC4)sc3n2)cc1. The predicted molar refractivity (Wildman–Crippen MR) is 123 cm³/mol. The average Bonchev–Trinajstić information content (AvgIpc) is 3.27. The van der Waals surface area contributed by atoms with E-state index in [9.17, 15) is 4.79 Å². The molecule has 2 aromatic heterocycles. The molecule has 8 heteroatoms. The van der Waals surface area contributed by atoms with Gasteiger partial charge in [0.15, 0.2) is 0 Å². The molecule has 2 fully saturated rings. The highest BCUT2D eigenvalue weighted by molar-refractivity contribution is 7.20. The lowest BCUT2D eigenvalue weighted by Gasteiger charge is -2.33. The standard InChI is InChI=1S/C23H29N5O2S/c1-30-19-8-6-17(7-9-19)20-16-28-22(24-20)31-23(25-28)27-14-10-18(11-15-27)21(29)26-12-4-2-3-5-13-26/h6-9,16,18H,2-5,10-15H2,1H3. The van der Waals surface area contributed by atoms with Crippen molar-refractivity contribution in [3.63, 3.8) is 0 Å². The molecule has 1 amide bonds. The summed E-state index contributed by atoms with van der Waals surface area (Å²) in [5.41, 5.74) is 1.96. The van der Waals surface area contributed by atoms with Gasteiger partial charge < -0.3 is 14.5 Å². The fourth-order valence-corrected chi connectivity index (χ4v) is 5.52. The summed E-state index contributed by atoms with van der Waals surface area (Å²) in [7, 11) is 1.67. The van der Waals surface area contributed by atoms with E-state index in [0.29, 0.717) is 5.91 Å². The Morgan fingerprint density at radius 2 is 1.74 bits per heavy atom. The molecule has 0 radical (unpaired) electrons. The Balaban J connectivity index is 1.22. The highest BCUT2D eigenvalue weighted by Gasteiger charge is 2.30. The molecular formula is C23H29N5O2S. The molecular weight excluding hydrogens is 410 g/mol. The largest absolute Gasteiger partial charge is 0.497 e. The Hall–Kier alpha value is -2.61. The first-order chi connectivity index (χ1) is 15.2. The lowest BCUT2D eigenvalue weighted by Crippen LogP contribution is -2.43. The summed E-state index contributed by atoms with van der Waals surface area (Å²) in [5, 5.41) is 5.76. The first kappa shape index (κ1) is 20.3. The van der Waals surface area contributed by atoms with Gasteiger partial charge in [-0.25, -0.2) is 9.50 Å². The predicted octanol–water partition coefficient (Wildman–Crippen LogP) is 4.09. The fourth-order valence-electron chi connectivity index (χ4n) is 4.59. The van der Waals surface area contributed by atoms with Gasteiger partial charge in [0.05, 0.1) is 19.0 Å². The van der Waals surface area contributed by atoms with E-state index in [0.717, 1.165) is 79.0 Å².